The van der Waals surface area contributed by atoms with E-state index in [9.17, 15) is 35.3 Å². The summed E-state index contributed by atoms with van der Waals surface area (Å²) in [4.78, 5) is 26.4. The minimum Gasteiger partial charge on any atom is -0.448 e. The lowest BCUT2D eigenvalue weighted by Gasteiger charge is -2.43. The minimum atomic E-state index is -1.36. The monoisotopic (exact) mass is 455 g/mol. The van der Waals surface area contributed by atoms with Gasteiger partial charge in [-0.25, -0.2) is 4.79 Å². The molecule has 1 aromatic rings. The number of nitro benzene ring substituents is 1. The number of nitrogens with one attached hydrogen (secondary N) is 2. The topological polar surface area (TPSA) is 226 Å². The zero-order valence-corrected chi connectivity index (χ0v) is 16.9. The maximum atomic E-state index is 11.8. The fourth-order valence-corrected chi connectivity index (χ4v) is 3.25. The van der Waals surface area contributed by atoms with Crippen LogP contribution in [0.4, 0.5) is 21.9 Å². The highest BCUT2D eigenvalue weighted by Crippen LogP contribution is 2.29. The number of piperidine rings is 1. The van der Waals surface area contributed by atoms with E-state index in [1.807, 2.05) is 0 Å². The Bertz CT molecular complexity index is 850. The summed E-state index contributed by atoms with van der Waals surface area (Å²) in [6, 6.07) is 3.10. The number of benzene rings is 1. The fraction of sp³-hybridized carbons (Fsp3) is 0.588. The molecule has 1 heterocycles. The van der Waals surface area contributed by atoms with Crippen molar-refractivity contribution in [2.24, 2.45) is 5.11 Å². The predicted octanol–water partition coefficient (Wildman–Crippen LogP) is -0.566. The standard InChI is InChI=1S/C17H25N7O8/c18-22-21-10-1-2-11(12(7-10)24(30)31)19-4-6-32-17(29)20-3-5-23-8-14(26)16(28)15(27)13(23)9-25/h1-2,7,13-16,19,25-28H,3-6,8-9H2,(H,20,29)/t13-,14+,15-,16-/m1/s1. The molecule has 4 atom stereocenters. The van der Waals surface area contributed by atoms with Crippen LogP contribution in [0.25, 0.3) is 10.4 Å². The molecule has 15 nitrogen and oxygen atoms in total. The number of rotatable bonds is 10. The lowest BCUT2D eigenvalue weighted by Crippen LogP contribution is -2.63. The molecular formula is C17H25N7O8. The second kappa shape index (κ2) is 12.0. The zero-order chi connectivity index (χ0) is 23.7. The summed E-state index contributed by atoms with van der Waals surface area (Å²) < 4.78 is 4.97. The van der Waals surface area contributed by atoms with Crippen LogP contribution < -0.4 is 10.6 Å². The van der Waals surface area contributed by atoms with Crippen molar-refractivity contribution in [1.82, 2.24) is 10.2 Å². The number of likely N-dealkylation sites (tertiary alicyclic amines) is 1. The zero-order valence-electron chi connectivity index (χ0n) is 16.9. The first kappa shape index (κ1) is 25.1. The number of nitrogens with zero attached hydrogens (tertiary/aromatic N) is 5. The number of hydrogen-bond acceptors (Lipinski definition) is 11. The van der Waals surface area contributed by atoms with Crippen LogP contribution >= 0.6 is 0 Å². The van der Waals surface area contributed by atoms with Gasteiger partial charge in [0.05, 0.1) is 23.7 Å². The summed E-state index contributed by atoms with van der Waals surface area (Å²) in [5, 5.41) is 58.4. The number of azide groups is 1. The smallest absolute Gasteiger partial charge is 0.407 e. The van der Waals surface area contributed by atoms with Gasteiger partial charge in [0.2, 0.25) is 0 Å². The van der Waals surface area contributed by atoms with Crippen LogP contribution in [0.5, 0.6) is 0 Å². The molecule has 0 aromatic heterocycles. The van der Waals surface area contributed by atoms with E-state index < -0.39 is 42.0 Å². The Labute approximate surface area is 182 Å². The molecular weight excluding hydrogens is 430 g/mol. The normalized spacial score (nSPS) is 23.1. The van der Waals surface area contributed by atoms with Gasteiger partial charge in [-0.3, -0.25) is 15.0 Å². The largest absolute Gasteiger partial charge is 0.448 e. The van der Waals surface area contributed by atoms with E-state index in [1.165, 1.54) is 12.1 Å². The Balaban J connectivity index is 1.74. The lowest BCUT2D eigenvalue weighted by atomic mass is 9.94. The first-order valence-corrected chi connectivity index (χ1v) is 9.65. The van der Waals surface area contributed by atoms with E-state index in [1.54, 1.807) is 4.90 Å². The molecule has 0 radical (unpaired) electrons. The van der Waals surface area contributed by atoms with Crippen LogP contribution in [0, 0.1) is 10.1 Å². The fourth-order valence-electron chi connectivity index (χ4n) is 3.25. The third kappa shape index (κ3) is 6.65. The Kier molecular flexibility index (Phi) is 9.39. The summed E-state index contributed by atoms with van der Waals surface area (Å²) in [5.41, 5.74) is 8.37. The SMILES string of the molecule is [N-]=[N+]=Nc1ccc(NCCOC(=O)NCCN2C[C@H](O)[C@@H](O)[C@H](O)[C@H]2CO)c([N+](=O)[O-])c1. The molecule has 1 aliphatic rings. The molecule has 1 aliphatic heterocycles. The van der Waals surface area contributed by atoms with E-state index >= 15 is 0 Å². The maximum Gasteiger partial charge on any atom is 0.407 e. The van der Waals surface area contributed by atoms with E-state index in [4.69, 9.17) is 10.3 Å². The number of anilines is 1. The first-order valence-electron chi connectivity index (χ1n) is 9.65. The van der Waals surface area contributed by atoms with Crippen molar-refractivity contribution in [2.45, 2.75) is 24.4 Å². The highest BCUT2D eigenvalue weighted by molar-refractivity contribution is 5.68. The summed E-state index contributed by atoms with van der Waals surface area (Å²) >= 11 is 0. The molecule has 1 aromatic carbocycles. The van der Waals surface area contributed by atoms with Gasteiger partial charge in [0.15, 0.2) is 0 Å². The van der Waals surface area contributed by atoms with Crippen molar-refractivity contribution in [3.8, 4) is 0 Å². The number of ether oxygens (including phenoxy) is 1. The van der Waals surface area contributed by atoms with Gasteiger partial charge in [-0.05, 0) is 11.6 Å². The molecule has 15 heteroatoms. The lowest BCUT2D eigenvalue weighted by molar-refractivity contribution is -0.383. The maximum absolute atomic E-state index is 11.8. The second-order valence-electron chi connectivity index (χ2n) is 6.93. The molecule has 2 rings (SSSR count). The molecule has 0 saturated carbocycles. The van der Waals surface area contributed by atoms with E-state index in [0.29, 0.717) is 0 Å². The molecule has 6 N–H and O–H groups in total. The summed E-state index contributed by atoms with van der Waals surface area (Å²) in [5.74, 6) is 0. The molecule has 1 saturated heterocycles. The molecule has 32 heavy (non-hydrogen) atoms. The van der Waals surface area contributed by atoms with Gasteiger partial charge in [-0.1, -0.05) is 11.2 Å². The molecule has 176 valence electrons. The van der Waals surface area contributed by atoms with Crippen LogP contribution in [0.15, 0.2) is 23.3 Å². The first-order chi connectivity index (χ1) is 15.3. The Morgan fingerprint density at radius 3 is 2.75 bits per heavy atom. The number of hydrogen-bond donors (Lipinski definition) is 6. The summed E-state index contributed by atoms with van der Waals surface area (Å²) in [7, 11) is 0. The van der Waals surface area contributed by atoms with Crippen molar-refractivity contribution in [3.05, 3.63) is 38.8 Å². The number of β-amino-alcohol motifs (C(OH)–C–C–N with tert-alkyl or cyclic N) is 1. The average Bonchev–Trinajstić information content (AvgIpc) is 2.76. The molecule has 1 amide bonds. The Morgan fingerprint density at radius 2 is 2.09 bits per heavy atom. The number of amides is 1. The van der Waals surface area contributed by atoms with E-state index in [2.05, 4.69) is 20.7 Å². The Morgan fingerprint density at radius 1 is 1.34 bits per heavy atom. The van der Waals surface area contributed by atoms with Crippen LogP contribution in [0.1, 0.15) is 0 Å². The van der Waals surface area contributed by atoms with Crippen molar-refractivity contribution < 1.29 is 34.9 Å². The number of carbonyl (C=O) groups is 1. The predicted molar refractivity (Wildman–Crippen MR) is 110 cm³/mol. The number of aliphatic hydroxyl groups is 4. The van der Waals surface area contributed by atoms with Gasteiger partial charge >= 0.3 is 6.09 Å². The van der Waals surface area contributed by atoms with E-state index in [-0.39, 0.29) is 49.8 Å². The highest BCUT2D eigenvalue weighted by Gasteiger charge is 2.40. The van der Waals surface area contributed by atoms with Gasteiger partial charge in [0.25, 0.3) is 5.69 Å². The van der Waals surface area contributed by atoms with Crippen molar-refractivity contribution in [2.75, 3.05) is 44.7 Å². The number of carbonyl (C=O) groups excluding carboxylic acids is 1. The third-order valence-electron chi connectivity index (χ3n) is 4.87. The van der Waals surface area contributed by atoms with Gasteiger partial charge in [0, 0.05) is 42.8 Å². The third-order valence-corrected chi connectivity index (χ3v) is 4.87. The van der Waals surface area contributed by atoms with E-state index in [0.717, 1.165) is 6.07 Å². The van der Waals surface area contributed by atoms with Gasteiger partial charge in [0.1, 0.15) is 24.5 Å². The van der Waals surface area contributed by atoms with Crippen LogP contribution in [0.3, 0.4) is 0 Å². The van der Waals surface area contributed by atoms with Crippen LogP contribution in [0.2, 0.25) is 0 Å². The molecule has 0 bridgehead atoms. The minimum absolute atomic E-state index is 0.0152. The molecule has 0 aliphatic carbocycles. The van der Waals surface area contributed by atoms with Gasteiger partial charge in [-0.2, -0.15) is 0 Å². The molecule has 0 spiro atoms. The highest BCUT2D eigenvalue weighted by atomic mass is 16.6. The average molecular weight is 455 g/mol. The van der Waals surface area contributed by atoms with Gasteiger partial charge in [-0.15, -0.1) is 0 Å². The van der Waals surface area contributed by atoms with Crippen LogP contribution in [-0.4, -0.2) is 100 Å². The molecule has 1 fully saturated rings. The molecule has 0 unspecified atom stereocenters. The number of alkyl carbamates (subject to hydrolysis) is 1. The van der Waals surface area contributed by atoms with Crippen molar-refractivity contribution in [1.29, 1.82) is 0 Å². The quantitative estimate of drug-likeness (QED) is 0.0657. The summed E-state index contributed by atoms with van der Waals surface area (Å²) in [6.07, 6.45) is -4.62. The van der Waals surface area contributed by atoms with Crippen molar-refractivity contribution >= 4 is 23.2 Å². The Hall–Kier alpha value is -3.20. The summed E-state index contributed by atoms with van der Waals surface area (Å²) in [6.45, 7) is -0.177. The number of aliphatic hydroxyl groups excluding tert-OH is 4. The van der Waals surface area contributed by atoms with Gasteiger partial charge < -0.3 is 35.8 Å². The second-order valence-corrected chi connectivity index (χ2v) is 6.93. The van der Waals surface area contributed by atoms with Crippen LogP contribution in [-0.2, 0) is 4.74 Å². The number of nitro groups is 1. The van der Waals surface area contributed by atoms with Crippen molar-refractivity contribution in [3.63, 3.8) is 0 Å².